The lowest BCUT2D eigenvalue weighted by atomic mass is 10.1. The highest BCUT2D eigenvalue weighted by atomic mass is 32.2. The van der Waals surface area contributed by atoms with Gasteiger partial charge in [-0.2, -0.15) is 0 Å². The molecule has 0 spiro atoms. The molecule has 7 nitrogen and oxygen atoms in total. The van der Waals surface area contributed by atoms with Crippen LogP contribution in [-0.4, -0.2) is 48.0 Å². The summed E-state index contributed by atoms with van der Waals surface area (Å²) in [6, 6.07) is 5.34. The van der Waals surface area contributed by atoms with Crippen molar-refractivity contribution in [3.63, 3.8) is 0 Å². The quantitative estimate of drug-likeness (QED) is 0.863. The van der Waals surface area contributed by atoms with Crippen molar-refractivity contribution < 1.29 is 13.2 Å². The molecule has 1 atom stereocenters. The van der Waals surface area contributed by atoms with Crippen LogP contribution in [-0.2, 0) is 10.0 Å². The van der Waals surface area contributed by atoms with Crippen molar-refractivity contribution in [2.45, 2.75) is 13.3 Å². The van der Waals surface area contributed by atoms with Gasteiger partial charge in [-0.15, -0.1) is 0 Å². The molecule has 2 aromatic rings. The lowest BCUT2D eigenvalue weighted by molar-refractivity contribution is 0.0788. The van der Waals surface area contributed by atoms with Crippen LogP contribution in [0, 0.1) is 12.8 Å². The first kappa shape index (κ1) is 15.0. The van der Waals surface area contributed by atoms with Crippen LogP contribution in [0.15, 0.2) is 18.2 Å². The number of sulfonamides is 1. The largest absolute Gasteiger partial charge is 0.342 e. The molecule has 0 radical (unpaired) electrons. The number of H-pyrrole nitrogens is 1. The molecule has 1 aliphatic rings. The van der Waals surface area contributed by atoms with Gasteiger partial charge in [-0.05, 0) is 37.5 Å². The summed E-state index contributed by atoms with van der Waals surface area (Å²) in [7, 11) is -3.50. The first-order chi connectivity index (χ1) is 10.3. The van der Waals surface area contributed by atoms with Crippen LogP contribution in [0.4, 0.5) is 0 Å². The number of nitrogens with two attached hydrogens (primary N) is 1. The number of hydrogen-bond acceptors (Lipinski definition) is 4. The van der Waals surface area contributed by atoms with Crippen molar-refractivity contribution in [2.24, 2.45) is 11.1 Å². The highest BCUT2D eigenvalue weighted by Gasteiger charge is 2.29. The molecular weight excluding hydrogens is 304 g/mol. The highest BCUT2D eigenvalue weighted by molar-refractivity contribution is 7.89. The molecule has 3 rings (SSSR count). The molecule has 3 N–H and O–H groups in total. The number of imidazole rings is 1. The Bertz CT molecular complexity index is 828. The minimum Gasteiger partial charge on any atom is -0.342 e. The number of amides is 1. The number of likely N-dealkylation sites (tertiary alicyclic amines) is 1. The second-order valence-electron chi connectivity index (χ2n) is 5.79. The number of rotatable bonds is 3. The third kappa shape index (κ3) is 3.12. The average Bonchev–Trinajstić information content (AvgIpc) is 3.00. The van der Waals surface area contributed by atoms with E-state index in [1.807, 2.05) is 13.0 Å². The van der Waals surface area contributed by atoms with Crippen molar-refractivity contribution in [1.82, 2.24) is 14.9 Å². The number of carbonyl (C=O) groups is 1. The SMILES string of the molecule is Cc1nc2ccc(C(=O)N3CC[C@@H](CS(N)(=O)=O)C3)cc2[nH]1. The van der Waals surface area contributed by atoms with E-state index in [4.69, 9.17) is 5.14 Å². The summed E-state index contributed by atoms with van der Waals surface area (Å²) in [4.78, 5) is 21.6. The molecule has 0 aliphatic carbocycles. The Morgan fingerprint density at radius 2 is 2.27 bits per heavy atom. The fourth-order valence-electron chi connectivity index (χ4n) is 2.93. The van der Waals surface area contributed by atoms with Gasteiger partial charge in [0.2, 0.25) is 10.0 Å². The van der Waals surface area contributed by atoms with Gasteiger partial charge >= 0.3 is 0 Å². The second kappa shape index (κ2) is 5.36. The number of aromatic nitrogens is 2. The molecule has 0 saturated carbocycles. The first-order valence-corrected chi connectivity index (χ1v) is 8.79. The van der Waals surface area contributed by atoms with Crippen LogP contribution in [0.2, 0.25) is 0 Å². The maximum absolute atomic E-state index is 12.5. The number of benzene rings is 1. The van der Waals surface area contributed by atoms with E-state index in [0.29, 0.717) is 25.1 Å². The molecule has 118 valence electrons. The summed E-state index contributed by atoms with van der Waals surface area (Å²) in [5.74, 6) is 0.549. The maximum Gasteiger partial charge on any atom is 0.253 e. The summed E-state index contributed by atoms with van der Waals surface area (Å²) in [6.07, 6.45) is 0.660. The van der Waals surface area contributed by atoms with E-state index in [2.05, 4.69) is 9.97 Å². The van der Waals surface area contributed by atoms with E-state index in [-0.39, 0.29) is 17.6 Å². The Morgan fingerprint density at radius 1 is 1.50 bits per heavy atom. The number of aryl methyl sites for hydroxylation is 1. The molecule has 1 aliphatic heterocycles. The Kier molecular flexibility index (Phi) is 3.65. The van der Waals surface area contributed by atoms with Gasteiger partial charge in [0.1, 0.15) is 5.82 Å². The predicted molar refractivity (Wildman–Crippen MR) is 82.8 cm³/mol. The Balaban J connectivity index is 1.75. The van der Waals surface area contributed by atoms with Crippen molar-refractivity contribution in [3.8, 4) is 0 Å². The summed E-state index contributed by atoms with van der Waals surface area (Å²) in [5, 5.41) is 5.07. The molecule has 8 heteroatoms. The molecule has 2 heterocycles. The number of carbonyl (C=O) groups excluding carboxylic acids is 1. The predicted octanol–water partition coefficient (Wildman–Crippen LogP) is 0.622. The van der Waals surface area contributed by atoms with E-state index in [9.17, 15) is 13.2 Å². The summed E-state index contributed by atoms with van der Waals surface area (Å²) < 4.78 is 22.3. The van der Waals surface area contributed by atoms with Gasteiger partial charge < -0.3 is 9.88 Å². The normalized spacial score (nSPS) is 19.0. The summed E-state index contributed by atoms with van der Waals surface area (Å²) in [5.41, 5.74) is 2.22. The Labute approximate surface area is 128 Å². The molecule has 1 aromatic heterocycles. The van der Waals surface area contributed by atoms with Crippen LogP contribution >= 0.6 is 0 Å². The molecule has 1 amide bonds. The van der Waals surface area contributed by atoms with Crippen molar-refractivity contribution >= 4 is 27.0 Å². The molecule has 1 fully saturated rings. The van der Waals surface area contributed by atoms with Gasteiger partial charge in [0.15, 0.2) is 0 Å². The molecular formula is C14H18N4O3S. The minimum absolute atomic E-state index is 0.0739. The number of aromatic amines is 1. The number of hydrogen-bond donors (Lipinski definition) is 2. The van der Waals surface area contributed by atoms with E-state index in [1.54, 1.807) is 17.0 Å². The molecule has 0 unspecified atom stereocenters. The van der Waals surface area contributed by atoms with Gasteiger partial charge in [-0.25, -0.2) is 18.5 Å². The summed E-state index contributed by atoms with van der Waals surface area (Å²) >= 11 is 0. The van der Waals surface area contributed by atoms with Crippen molar-refractivity contribution in [3.05, 3.63) is 29.6 Å². The molecule has 1 saturated heterocycles. The maximum atomic E-state index is 12.5. The average molecular weight is 322 g/mol. The third-order valence-corrected chi connectivity index (χ3v) is 4.82. The fraction of sp³-hybridized carbons (Fsp3) is 0.429. The van der Waals surface area contributed by atoms with E-state index >= 15 is 0 Å². The van der Waals surface area contributed by atoms with E-state index in [0.717, 1.165) is 16.9 Å². The van der Waals surface area contributed by atoms with Gasteiger partial charge in [0.25, 0.3) is 5.91 Å². The molecule has 0 bridgehead atoms. The minimum atomic E-state index is -3.50. The van der Waals surface area contributed by atoms with Crippen LogP contribution in [0.25, 0.3) is 11.0 Å². The topological polar surface area (TPSA) is 109 Å². The number of primary sulfonamides is 1. The second-order valence-corrected chi connectivity index (χ2v) is 7.45. The number of nitrogens with one attached hydrogen (secondary N) is 1. The summed E-state index contributed by atoms with van der Waals surface area (Å²) in [6.45, 7) is 2.84. The van der Waals surface area contributed by atoms with Crippen LogP contribution in [0.1, 0.15) is 22.6 Å². The lowest BCUT2D eigenvalue weighted by Crippen LogP contribution is -2.30. The standard InChI is InChI=1S/C14H18N4O3S/c1-9-16-12-3-2-11(6-13(12)17-9)14(19)18-5-4-10(7-18)8-22(15,20)21/h2-3,6,10H,4-5,7-8H2,1H3,(H,16,17)(H2,15,20,21)/t10-/m1/s1. The number of nitrogens with zero attached hydrogens (tertiary/aromatic N) is 2. The van der Waals surface area contributed by atoms with E-state index < -0.39 is 10.0 Å². The monoisotopic (exact) mass is 322 g/mol. The number of fused-ring (bicyclic) bond motifs is 1. The van der Waals surface area contributed by atoms with Crippen LogP contribution in [0.5, 0.6) is 0 Å². The highest BCUT2D eigenvalue weighted by Crippen LogP contribution is 2.21. The zero-order valence-corrected chi connectivity index (χ0v) is 13.1. The molecule has 1 aromatic carbocycles. The third-order valence-electron chi connectivity index (χ3n) is 3.89. The zero-order chi connectivity index (χ0) is 15.9. The van der Waals surface area contributed by atoms with Gasteiger partial charge in [-0.1, -0.05) is 0 Å². The Hall–Kier alpha value is -1.93. The van der Waals surface area contributed by atoms with Crippen LogP contribution in [0.3, 0.4) is 0 Å². The molecule has 22 heavy (non-hydrogen) atoms. The lowest BCUT2D eigenvalue weighted by Gasteiger charge is -2.16. The smallest absolute Gasteiger partial charge is 0.253 e. The van der Waals surface area contributed by atoms with Crippen LogP contribution < -0.4 is 5.14 Å². The van der Waals surface area contributed by atoms with Gasteiger partial charge in [0.05, 0.1) is 16.8 Å². The Morgan fingerprint density at radius 3 is 3.00 bits per heavy atom. The van der Waals surface area contributed by atoms with Crippen molar-refractivity contribution in [1.29, 1.82) is 0 Å². The van der Waals surface area contributed by atoms with Gasteiger partial charge in [0, 0.05) is 18.7 Å². The van der Waals surface area contributed by atoms with E-state index in [1.165, 1.54) is 0 Å². The first-order valence-electron chi connectivity index (χ1n) is 7.08. The fourth-order valence-corrected chi connectivity index (χ4v) is 3.86. The zero-order valence-electron chi connectivity index (χ0n) is 12.2. The van der Waals surface area contributed by atoms with Crippen molar-refractivity contribution in [2.75, 3.05) is 18.8 Å². The van der Waals surface area contributed by atoms with Gasteiger partial charge in [-0.3, -0.25) is 4.79 Å².